The number of aryl methyl sites for hydroxylation is 1. The Balaban J connectivity index is 2.66. The highest BCUT2D eigenvalue weighted by molar-refractivity contribution is 5.73. The van der Waals surface area contributed by atoms with Gasteiger partial charge in [-0.05, 0) is 6.07 Å². The number of hydrogen-bond donors (Lipinski definition) is 2. The molecule has 6 heteroatoms. The van der Waals surface area contributed by atoms with Gasteiger partial charge in [-0.2, -0.15) is 10.4 Å². The van der Waals surface area contributed by atoms with Crippen LogP contribution in [0.5, 0.6) is 11.5 Å². The highest BCUT2D eigenvalue weighted by atomic mass is 16.5. The molecule has 18 heavy (non-hydrogen) atoms. The number of methoxy groups -OCH3 is 1. The third kappa shape index (κ3) is 1.82. The number of aromatic nitrogens is 2. The molecule has 2 aromatic rings. The first kappa shape index (κ1) is 11.8. The lowest BCUT2D eigenvalue weighted by Gasteiger charge is -2.07. The summed E-state index contributed by atoms with van der Waals surface area (Å²) in [6.45, 7) is 0. The Morgan fingerprint density at radius 3 is 2.67 bits per heavy atom. The minimum absolute atomic E-state index is 0.123. The van der Waals surface area contributed by atoms with E-state index in [4.69, 9.17) is 15.7 Å². The zero-order chi connectivity index (χ0) is 13.3. The molecule has 0 bridgehead atoms. The predicted molar refractivity (Wildman–Crippen MR) is 66.0 cm³/mol. The number of anilines is 1. The standard InChI is InChI=1S/C12H12N4O2/c1-16-12(14)4-9(15-16)8-3-7(6-13)10(17)5-11(8)18-2/h3-5,17H,14H2,1-2H3. The number of nitrogen functional groups attached to an aromatic ring is 1. The molecule has 1 aromatic heterocycles. The fourth-order valence-electron chi connectivity index (χ4n) is 1.64. The van der Waals surface area contributed by atoms with Gasteiger partial charge in [0, 0.05) is 24.7 Å². The van der Waals surface area contributed by atoms with Gasteiger partial charge >= 0.3 is 0 Å². The van der Waals surface area contributed by atoms with Crippen molar-refractivity contribution in [2.75, 3.05) is 12.8 Å². The second kappa shape index (κ2) is 4.30. The average molecular weight is 244 g/mol. The highest BCUT2D eigenvalue weighted by Gasteiger charge is 2.14. The van der Waals surface area contributed by atoms with Crippen LogP contribution < -0.4 is 10.5 Å². The van der Waals surface area contributed by atoms with Gasteiger partial charge in [0.1, 0.15) is 23.4 Å². The summed E-state index contributed by atoms with van der Waals surface area (Å²) >= 11 is 0. The Kier molecular flexibility index (Phi) is 2.81. The fourth-order valence-corrected chi connectivity index (χ4v) is 1.64. The van der Waals surface area contributed by atoms with Crippen molar-refractivity contribution >= 4 is 5.82 Å². The lowest BCUT2D eigenvalue weighted by molar-refractivity contribution is 0.409. The molecule has 0 radical (unpaired) electrons. The maximum absolute atomic E-state index is 9.60. The summed E-state index contributed by atoms with van der Waals surface area (Å²) in [4.78, 5) is 0. The monoisotopic (exact) mass is 244 g/mol. The van der Waals surface area contributed by atoms with E-state index in [-0.39, 0.29) is 11.3 Å². The molecule has 0 atom stereocenters. The van der Waals surface area contributed by atoms with Crippen molar-refractivity contribution in [3.63, 3.8) is 0 Å². The Hall–Kier alpha value is -2.68. The molecule has 3 N–H and O–H groups in total. The zero-order valence-corrected chi connectivity index (χ0v) is 10.0. The fraction of sp³-hybridized carbons (Fsp3) is 0.167. The van der Waals surface area contributed by atoms with E-state index in [9.17, 15) is 5.11 Å². The van der Waals surface area contributed by atoms with Gasteiger partial charge in [-0.15, -0.1) is 0 Å². The van der Waals surface area contributed by atoms with E-state index in [1.165, 1.54) is 23.9 Å². The van der Waals surface area contributed by atoms with Gasteiger partial charge < -0.3 is 15.6 Å². The molecule has 92 valence electrons. The first-order valence-corrected chi connectivity index (χ1v) is 5.17. The van der Waals surface area contributed by atoms with E-state index in [1.807, 2.05) is 6.07 Å². The molecule has 0 aliphatic heterocycles. The molecule has 0 aliphatic carbocycles. The van der Waals surface area contributed by atoms with Gasteiger partial charge in [0.2, 0.25) is 0 Å². The van der Waals surface area contributed by atoms with E-state index < -0.39 is 0 Å². The van der Waals surface area contributed by atoms with Crippen LogP contribution in [0.3, 0.4) is 0 Å². The number of nitrogens with two attached hydrogens (primary N) is 1. The zero-order valence-electron chi connectivity index (χ0n) is 10.0. The van der Waals surface area contributed by atoms with Crippen molar-refractivity contribution < 1.29 is 9.84 Å². The van der Waals surface area contributed by atoms with Crippen molar-refractivity contribution in [3.05, 3.63) is 23.8 Å². The third-order valence-corrected chi connectivity index (χ3v) is 2.63. The number of nitrogens with zero attached hydrogens (tertiary/aromatic N) is 3. The van der Waals surface area contributed by atoms with Crippen molar-refractivity contribution in [1.82, 2.24) is 9.78 Å². The van der Waals surface area contributed by atoms with Crippen LogP contribution >= 0.6 is 0 Å². The van der Waals surface area contributed by atoms with Crippen LogP contribution in [-0.2, 0) is 7.05 Å². The van der Waals surface area contributed by atoms with E-state index in [0.29, 0.717) is 22.8 Å². The number of aromatic hydroxyl groups is 1. The van der Waals surface area contributed by atoms with E-state index in [1.54, 1.807) is 13.1 Å². The summed E-state index contributed by atoms with van der Waals surface area (Å²) in [5, 5.41) is 22.7. The summed E-state index contributed by atoms with van der Waals surface area (Å²) in [5.41, 5.74) is 7.07. The molecule has 2 rings (SSSR count). The number of nitriles is 1. The maximum atomic E-state index is 9.60. The maximum Gasteiger partial charge on any atom is 0.137 e. The molecule has 0 spiro atoms. The summed E-state index contributed by atoms with van der Waals surface area (Å²) in [6.07, 6.45) is 0. The van der Waals surface area contributed by atoms with Gasteiger partial charge in [0.15, 0.2) is 0 Å². The summed E-state index contributed by atoms with van der Waals surface area (Å²) in [7, 11) is 3.20. The highest BCUT2D eigenvalue weighted by Crippen LogP contribution is 2.35. The number of phenolic OH excluding ortho intramolecular Hbond substituents is 1. The molecule has 1 heterocycles. The minimum Gasteiger partial charge on any atom is -0.506 e. The number of ether oxygens (including phenoxy) is 1. The summed E-state index contributed by atoms with van der Waals surface area (Å²) in [5.74, 6) is 0.810. The Bertz CT molecular complexity index is 621. The van der Waals surface area contributed by atoms with Crippen molar-refractivity contribution in [3.8, 4) is 28.8 Å². The second-order valence-electron chi connectivity index (χ2n) is 3.76. The molecule has 0 saturated heterocycles. The molecule has 6 nitrogen and oxygen atoms in total. The minimum atomic E-state index is -0.123. The first-order valence-electron chi connectivity index (χ1n) is 5.17. The molecular formula is C12H12N4O2. The van der Waals surface area contributed by atoms with Gasteiger partial charge in [-0.1, -0.05) is 0 Å². The molecule has 0 saturated carbocycles. The molecular weight excluding hydrogens is 232 g/mol. The number of rotatable bonds is 2. The van der Waals surface area contributed by atoms with Crippen molar-refractivity contribution in [2.45, 2.75) is 0 Å². The molecule has 0 fully saturated rings. The average Bonchev–Trinajstić information content (AvgIpc) is 2.69. The Morgan fingerprint density at radius 2 is 2.17 bits per heavy atom. The lowest BCUT2D eigenvalue weighted by atomic mass is 10.1. The van der Waals surface area contributed by atoms with Crippen LogP contribution in [0.15, 0.2) is 18.2 Å². The Labute approximate surface area is 104 Å². The Morgan fingerprint density at radius 1 is 1.44 bits per heavy atom. The van der Waals surface area contributed by atoms with Crippen LogP contribution in [0.1, 0.15) is 5.56 Å². The normalized spacial score (nSPS) is 10.1. The van der Waals surface area contributed by atoms with Gasteiger partial charge in [0.25, 0.3) is 0 Å². The van der Waals surface area contributed by atoms with E-state index in [2.05, 4.69) is 5.10 Å². The van der Waals surface area contributed by atoms with E-state index >= 15 is 0 Å². The van der Waals surface area contributed by atoms with Gasteiger partial charge in [0.05, 0.1) is 18.4 Å². The number of benzene rings is 1. The molecule has 0 unspecified atom stereocenters. The lowest BCUT2D eigenvalue weighted by Crippen LogP contribution is -1.97. The quantitative estimate of drug-likeness (QED) is 0.828. The molecule has 0 aliphatic rings. The van der Waals surface area contributed by atoms with Crippen LogP contribution in [-0.4, -0.2) is 22.0 Å². The smallest absolute Gasteiger partial charge is 0.137 e. The van der Waals surface area contributed by atoms with Crippen LogP contribution in [0.4, 0.5) is 5.82 Å². The SMILES string of the molecule is COc1cc(O)c(C#N)cc1-c1cc(N)n(C)n1. The van der Waals surface area contributed by atoms with Crippen molar-refractivity contribution in [2.24, 2.45) is 7.05 Å². The van der Waals surface area contributed by atoms with Crippen LogP contribution in [0, 0.1) is 11.3 Å². The van der Waals surface area contributed by atoms with Crippen LogP contribution in [0.25, 0.3) is 11.3 Å². The largest absolute Gasteiger partial charge is 0.506 e. The van der Waals surface area contributed by atoms with Gasteiger partial charge in [-0.25, -0.2) is 0 Å². The molecule has 1 aromatic carbocycles. The number of hydrogen-bond acceptors (Lipinski definition) is 5. The van der Waals surface area contributed by atoms with Crippen LogP contribution in [0.2, 0.25) is 0 Å². The number of phenols is 1. The van der Waals surface area contributed by atoms with Gasteiger partial charge in [-0.3, -0.25) is 4.68 Å². The third-order valence-electron chi connectivity index (χ3n) is 2.63. The second-order valence-corrected chi connectivity index (χ2v) is 3.76. The summed E-state index contributed by atoms with van der Waals surface area (Å²) in [6, 6.07) is 6.49. The molecule has 0 amide bonds. The summed E-state index contributed by atoms with van der Waals surface area (Å²) < 4.78 is 6.69. The first-order chi connectivity index (χ1) is 8.56. The predicted octanol–water partition coefficient (Wildman–Crippen LogP) is 1.26. The topological polar surface area (TPSA) is 97.1 Å². The van der Waals surface area contributed by atoms with E-state index in [0.717, 1.165) is 0 Å². The van der Waals surface area contributed by atoms with Crippen molar-refractivity contribution in [1.29, 1.82) is 5.26 Å².